The molecule has 26 heavy (non-hydrogen) atoms. The van der Waals surface area contributed by atoms with Gasteiger partial charge in [-0.25, -0.2) is 0 Å². The average molecular weight is 357 g/mol. The Morgan fingerprint density at radius 1 is 1.19 bits per heavy atom. The van der Waals surface area contributed by atoms with E-state index in [1.54, 1.807) is 7.11 Å². The van der Waals surface area contributed by atoms with Gasteiger partial charge in [0, 0.05) is 18.5 Å². The van der Waals surface area contributed by atoms with Crippen molar-refractivity contribution in [3.8, 4) is 5.75 Å². The maximum absolute atomic E-state index is 13.4. The van der Waals surface area contributed by atoms with E-state index >= 15 is 0 Å². The van der Waals surface area contributed by atoms with Crippen LogP contribution in [0.5, 0.6) is 5.75 Å². The Kier molecular flexibility index (Phi) is 5.21. The van der Waals surface area contributed by atoms with E-state index in [-0.39, 0.29) is 5.92 Å². The molecule has 1 N–H and O–H groups in total. The quantitative estimate of drug-likeness (QED) is 0.899. The molecule has 2 unspecified atom stereocenters. The number of hydrogen-bond donors (Lipinski definition) is 1. The number of hydrogen-bond acceptors (Lipinski definition) is 3. The molecule has 4 rings (SSSR count). The molecule has 142 valence electrons. The van der Waals surface area contributed by atoms with E-state index in [1.165, 1.54) is 43.2 Å². The molecule has 4 nitrogen and oxygen atoms in total. The first-order valence-electron chi connectivity index (χ1n) is 10.3. The van der Waals surface area contributed by atoms with E-state index in [0.29, 0.717) is 23.8 Å². The Bertz CT molecular complexity index is 650. The molecular formula is C22H32N2O2. The van der Waals surface area contributed by atoms with Crippen molar-refractivity contribution in [1.82, 2.24) is 10.2 Å². The van der Waals surface area contributed by atoms with Crippen molar-refractivity contribution in [2.75, 3.05) is 20.2 Å². The van der Waals surface area contributed by atoms with Gasteiger partial charge in [0.1, 0.15) is 5.75 Å². The Labute approximate surface area is 157 Å². The van der Waals surface area contributed by atoms with Crippen molar-refractivity contribution in [2.24, 2.45) is 17.8 Å². The van der Waals surface area contributed by atoms with E-state index in [0.717, 1.165) is 31.8 Å². The highest BCUT2D eigenvalue weighted by molar-refractivity contribution is 5.80. The van der Waals surface area contributed by atoms with Gasteiger partial charge in [-0.15, -0.1) is 0 Å². The number of benzene rings is 1. The maximum atomic E-state index is 13.4. The minimum Gasteiger partial charge on any atom is -0.497 e. The van der Waals surface area contributed by atoms with Crippen LogP contribution in [0.3, 0.4) is 0 Å². The molecule has 2 fully saturated rings. The summed E-state index contributed by atoms with van der Waals surface area (Å²) in [6, 6.07) is 6.78. The van der Waals surface area contributed by atoms with Crippen molar-refractivity contribution in [3.63, 3.8) is 0 Å². The second-order valence-electron chi connectivity index (χ2n) is 8.48. The normalized spacial score (nSPS) is 25.3. The minimum absolute atomic E-state index is 0.120. The Morgan fingerprint density at radius 3 is 2.62 bits per heavy atom. The number of rotatable bonds is 4. The van der Waals surface area contributed by atoms with Gasteiger partial charge < -0.3 is 15.0 Å². The van der Waals surface area contributed by atoms with Crippen LogP contribution in [-0.4, -0.2) is 37.0 Å². The largest absolute Gasteiger partial charge is 0.497 e. The van der Waals surface area contributed by atoms with E-state index in [1.807, 2.05) is 0 Å². The first kappa shape index (κ1) is 17.8. The first-order chi connectivity index (χ1) is 12.7. The van der Waals surface area contributed by atoms with Crippen molar-refractivity contribution >= 4 is 5.91 Å². The summed E-state index contributed by atoms with van der Waals surface area (Å²) in [5, 5.41) is 3.32. The summed E-state index contributed by atoms with van der Waals surface area (Å²) in [7, 11) is 1.71. The van der Waals surface area contributed by atoms with Gasteiger partial charge >= 0.3 is 0 Å². The van der Waals surface area contributed by atoms with Gasteiger partial charge in [-0.1, -0.05) is 32.3 Å². The summed E-state index contributed by atoms with van der Waals surface area (Å²) >= 11 is 0. The number of ether oxygens (including phenoxy) is 1. The number of carbonyl (C=O) groups excluding carboxylic acids is 1. The highest BCUT2D eigenvalue weighted by Gasteiger charge is 2.39. The number of nitrogens with one attached hydrogen (secondary N) is 1. The van der Waals surface area contributed by atoms with Crippen LogP contribution in [0.2, 0.25) is 0 Å². The lowest BCUT2D eigenvalue weighted by Crippen LogP contribution is -2.55. The van der Waals surface area contributed by atoms with Gasteiger partial charge in [0.25, 0.3) is 0 Å². The lowest BCUT2D eigenvalue weighted by molar-refractivity contribution is -0.142. The minimum atomic E-state index is 0.120. The van der Waals surface area contributed by atoms with Crippen LogP contribution < -0.4 is 10.1 Å². The van der Waals surface area contributed by atoms with Gasteiger partial charge in [0.15, 0.2) is 0 Å². The molecule has 1 aromatic rings. The zero-order valence-corrected chi connectivity index (χ0v) is 16.2. The van der Waals surface area contributed by atoms with Crippen LogP contribution in [0, 0.1) is 17.8 Å². The van der Waals surface area contributed by atoms with Gasteiger partial charge in [-0.3, -0.25) is 4.79 Å². The fourth-order valence-electron chi connectivity index (χ4n) is 5.02. The van der Waals surface area contributed by atoms with Crippen LogP contribution in [-0.2, 0) is 17.8 Å². The second kappa shape index (κ2) is 7.59. The van der Waals surface area contributed by atoms with Gasteiger partial charge in [-0.05, 0) is 67.4 Å². The van der Waals surface area contributed by atoms with Gasteiger partial charge in [0.2, 0.25) is 5.91 Å². The lowest BCUT2D eigenvalue weighted by Gasteiger charge is -2.45. The van der Waals surface area contributed by atoms with Crippen LogP contribution in [0.25, 0.3) is 0 Å². The third-order valence-corrected chi connectivity index (χ3v) is 6.97. The predicted molar refractivity (Wildman–Crippen MR) is 103 cm³/mol. The predicted octanol–water partition coefficient (Wildman–Crippen LogP) is 3.38. The summed E-state index contributed by atoms with van der Waals surface area (Å²) in [5.74, 6) is 2.54. The molecule has 3 aliphatic rings. The Balaban J connectivity index is 1.61. The number of fused-ring (bicyclic) bond motifs is 1. The second-order valence-corrected chi connectivity index (χ2v) is 8.48. The van der Waals surface area contributed by atoms with E-state index in [2.05, 4.69) is 35.3 Å². The van der Waals surface area contributed by atoms with Crippen molar-refractivity contribution in [1.29, 1.82) is 0 Å². The highest BCUT2D eigenvalue weighted by Crippen LogP contribution is 2.37. The van der Waals surface area contributed by atoms with Crippen LogP contribution in [0.4, 0.5) is 0 Å². The smallest absolute Gasteiger partial charge is 0.226 e. The fourth-order valence-corrected chi connectivity index (χ4v) is 5.02. The van der Waals surface area contributed by atoms with Gasteiger partial charge in [-0.2, -0.15) is 0 Å². The number of amides is 1. The first-order valence-corrected chi connectivity index (χ1v) is 10.3. The molecule has 2 heterocycles. The molecular weight excluding hydrogens is 324 g/mol. The summed E-state index contributed by atoms with van der Waals surface area (Å²) in [4.78, 5) is 15.7. The average Bonchev–Trinajstić information content (AvgIpc) is 2.65. The standard InChI is InChI=1S/C22H32N2O2/c1-15(19-12-23-13-19)22(25)24-14-18-10-20(26-2)9-8-17(18)11-21(24)16-6-4-3-5-7-16/h8-10,15-16,19,21,23H,3-7,11-14H2,1-2H3. The summed E-state index contributed by atoms with van der Waals surface area (Å²) < 4.78 is 5.42. The van der Waals surface area contributed by atoms with Crippen molar-refractivity contribution < 1.29 is 9.53 Å². The topological polar surface area (TPSA) is 41.6 Å². The SMILES string of the molecule is COc1ccc2c(c1)CN(C(=O)C(C)C1CNC1)C(C1CCCCC1)C2. The molecule has 0 radical (unpaired) electrons. The number of nitrogens with zero attached hydrogens (tertiary/aromatic N) is 1. The summed E-state index contributed by atoms with van der Waals surface area (Å²) in [6.07, 6.45) is 7.56. The molecule has 1 aromatic carbocycles. The van der Waals surface area contributed by atoms with Gasteiger partial charge in [0.05, 0.1) is 7.11 Å². The molecule has 0 spiro atoms. The zero-order valence-electron chi connectivity index (χ0n) is 16.2. The zero-order chi connectivity index (χ0) is 18.1. The molecule has 1 saturated heterocycles. The third-order valence-electron chi connectivity index (χ3n) is 6.97. The summed E-state index contributed by atoms with van der Waals surface area (Å²) in [5.41, 5.74) is 2.67. The van der Waals surface area contributed by atoms with E-state index in [9.17, 15) is 4.79 Å². The number of carbonyl (C=O) groups is 1. The molecule has 1 saturated carbocycles. The molecule has 2 aliphatic heterocycles. The molecule has 1 amide bonds. The van der Waals surface area contributed by atoms with Crippen molar-refractivity contribution in [2.45, 2.75) is 58.0 Å². The van der Waals surface area contributed by atoms with Crippen LogP contribution >= 0.6 is 0 Å². The fraction of sp³-hybridized carbons (Fsp3) is 0.682. The monoisotopic (exact) mass is 356 g/mol. The maximum Gasteiger partial charge on any atom is 0.226 e. The lowest BCUT2D eigenvalue weighted by atomic mass is 9.77. The Hall–Kier alpha value is -1.55. The van der Waals surface area contributed by atoms with E-state index in [4.69, 9.17) is 4.74 Å². The molecule has 0 bridgehead atoms. The van der Waals surface area contributed by atoms with Crippen LogP contribution in [0.15, 0.2) is 18.2 Å². The summed E-state index contributed by atoms with van der Waals surface area (Å²) in [6.45, 7) is 4.85. The van der Waals surface area contributed by atoms with E-state index < -0.39 is 0 Å². The molecule has 2 atom stereocenters. The third kappa shape index (κ3) is 3.36. The van der Waals surface area contributed by atoms with Crippen LogP contribution in [0.1, 0.15) is 50.2 Å². The molecule has 4 heteroatoms. The number of methoxy groups -OCH3 is 1. The highest BCUT2D eigenvalue weighted by atomic mass is 16.5. The molecule has 1 aliphatic carbocycles. The van der Waals surface area contributed by atoms with Crippen molar-refractivity contribution in [3.05, 3.63) is 29.3 Å². The Morgan fingerprint density at radius 2 is 1.96 bits per heavy atom. The molecule has 0 aromatic heterocycles.